The van der Waals surface area contributed by atoms with Gasteiger partial charge in [-0.3, -0.25) is 14.6 Å². The number of hydrogen-bond donors (Lipinski definition) is 2. The Kier molecular flexibility index (Phi) is 7.65. The molecular weight excluding hydrogens is 416 g/mol. The number of methoxy groups -OCH3 is 1. The van der Waals surface area contributed by atoms with Gasteiger partial charge in [0.1, 0.15) is 0 Å². The SMILES string of the molecule is COCCNC(=O)c1cc(C=NCC2CN(C(=O)c3ccc(Cl)cc3)C2)c(N)cc1C. The topological polar surface area (TPSA) is 97.0 Å². The molecule has 1 fully saturated rings. The smallest absolute Gasteiger partial charge is 0.253 e. The number of hydrogen-bond acceptors (Lipinski definition) is 5. The Morgan fingerprint density at radius 3 is 2.68 bits per heavy atom. The minimum Gasteiger partial charge on any atom is -0.398 e. The molecule has 0 spiro atoms. The Balaban J connectivity index is 1.54. The zero-order valence-corrected chi connectivity index (χ0v) is 18.5. The molecule has 3 N–H and O–H groups in total. The van der Waals surface area contributed by atoms with Crippen LogP contribution in [-0.2, 0) is 4.74 Å². The van der Waals surface area contributed by atoms with Crippen LogP contribution in [0.2, 0.25) is 5.02 Å². The molecule has 164 valence electrons. The molecule has 0 aromatic heterocycles. The van der Waals surface area contributed by atoms with Crippen LogP contribution < -0.4 is 11.1 Å². The number of nitrogen functional groups attached to an aromatic ring is 1. The number of likely N-dealkylation sites (tertiary alicyclic amines) is 1. The molecule has 7 nitrogen and oxygen atoms in total. The maximum atomic E-state index is 12.4. The molecule has 0 radical (unpaired) electrons. The van der Waals surface area contributed by atoms with Crippen molar-refractivity contribution >= 4 is 35.3 Å². The van der Waals surface area contributed by atoms with Crippen molar-refractivity contribution in [2.75, 3.05) is 45.6 Å². The third-order valence-corrected chi connectivity index (χ3v) is 5.45. The van der Waals surface area contributed by atoms with Crippen molar-refractivity contribution in [1.82, 2.24) is 10.2 Å². The van der Waals surface area contributed by atoms with E-state index in [1.807, 2.05) is 6.92 Å². The van der Waals surface area contributed by atoms with Crippen molar-refractivity contribution in [3.05, 3.63) is 63.7 Å². The van der Waals surface area contributed by atoms with Gasteiger partial charge < -0.3 is 20.7 Å². The lowest BCUT2D eigenvalue weighted by Crippen LogP contribution is -2.51. The van der Waals surface area contributed by atoms with Crippen molar-refractivity contribution in [1.29, 1.82) is 0 Å². The number of nitrogens with two attached hydrogens (primary N) is 1. The molecule has 2 aromatic carbocycles. The van der Waals surface area contributed by atoms with Crippen molar-refractivity contribution in [2.45, 2.75) is 6.92 Å². The predicted molar refractivity (Wildman–Crippen MR) is 123 cm³/mol. The minimum atomic E-state index is -0.167. The summed E-state index contributed by atoms with van der Waals surface area (Å²) in [5.41, 5.74) is 9.39. The fourth-order valence-corrected chi connectivity index (χ4v) is 3.52. The number of ether oxygens (including phenoxy) is 1. The number of rotatable bonds is 8. The van der Waals surface area contributed by atoms with Crippen LogP contribution in [0.3, 0.4) is 0 Å². The van der Waals surface area contributed by atoms with Gasteiger partial charge in [-0.1, -0.05) is 11.6 Å². The van der Waals surface area contributed by atoms with Crippen molar-refractivity contribution in [3.63, 3.8) is 0 Å². The van der Waals surface area contributed by atoms with E-state index in [9.17, 15) is 9.59 Å². The number of nitrogens with one attached hydrogen (secondary N) is 1. The quantitative estimate of drug-likeness (QED) is 0.373. The first-order valence-corrected chi connectivity index (χ1v) is 10.5. The monoisotopic (exact) mass is 442 g/mol. The van der Waals surface area contributed by atoms with Crippen LogP contribution in [-0.4, -0.2) is 62.8 Å². The van der Waals surface area contributed by atoms with Gasteiger partial charge in [0.2, 0.25) is 0 Å². The molecule has 2 amide bonds. The molecule has 1 aliphatic rings. The largest absolute Gasteiger partial charge is 0.398 e. The van der Waals surface area contributed by atoms with Gasteiger partial charge in [-0.05, 0) is 48.9 Å². The molecule has 3 rings (SSSR count). The van der Waals surface area contributed by atoms with E-state index < -0.39 is 0 Å². The zero-order valence-electron chi connectivity index (χ0n) is 17.7. The number of benzene rings is 2. The fourth-order valence-electron chi connectivity index (χ4n) is 3.39. The van der Waals surface area contributed by atoms with Crippen LogP contribution >= 0.6 is 11.6 Å². The maximum Gasteiger partial charge on any atom is 0.253 e. The number of carbonyl (C=O) groups is 2. The van der Waals surface area contributed by atoms with E-state index in [-0.39, 0.29) is 11.8 Å². The van der Waals surface area contributed by atoms with Gasteiger partial charge in [-0.25, -0.2) is 0 Å². The van der Waals surface area contributed by atoms with Crippen molar-refractivity contribution < 1.29 is 14.3 Å². The third-order valence-electron chi connectivity index (χ3n) is 5.20. The molecule has 0 atom stereocenters. The van der Waals surface area contributed by atoms with Gasteiger partial charge in [-0.15, -0.1) is 0 Å². The number of anilines is 1. The number of amides is 2. The van der Waals surface area contributed by atoms with E-state index in [1.165, 1.54) is 0 Å². The Morgan fingerprint density at radius 1 is 1.29 bits per heavy atom. The maximum absolute atomic E-state index is 12.4. The average molecular weight is 443 g/mol. The van der Waals surface area contributed by atoms with Crippen molar-refractivity contribution in [2.24, 2.45) is 10.9 Å². The van der Waals surface area contributed by atoms with E-state index in [4.69, 9.17) is 22.1 Å². The highest BCUT2D eigenvalue weighted by Gasteiger charge is 2.30. The summed E-state index contributed by atoms with van der Waals surface area (Å²) < 4.78 is 4.96. The van der Waals surface area contributed by atoms with Gasteiger partial charge in [-0.2, -0.15) is 0 Å². The first kappa shape index (κ1) is 22.8. The summed E-state index contributed by atoms with van der Waals surface area (Å²) in [5, 5.41) is 3.43. The van der Waals surface area contributed by atoms with E-state index in [0.717, 1.165) is 5.56 Å². The standard InChI is InChI=1S/C23H27ClN4O3/c1-15-9-21(25)18(10-20(15)22(29)27-7-8-31-2)12-26-11-16-13-28(14-16)23(30)17-3-5-19(24)6-4-17/h3-6,9-10,12,16H,7-8,11,13-14,25H2,1-2H3,(H,27,29). The van der Waals surface area contributed by atoms with Crippen molar-refractivity contribution in [3.8, 4) is 0 Å². The van der Waals surface area contributed by atoms with E-state index in [2.05, 4.69) is 10.3 Å². The summed E-state index contributed by atoms with van der Waals surface area (Å²) in [6.45, 7) is 4.66. The highest BCUT2D eigenvalue weighted by molar-refractivity contribution is 6.30. The first-order chi connectivity index (χ1) is 14.9. The van der Waals surface area contributed by atoms with Gasteiger partial charge in [0, 0.05) is 72.8 Å². The summed E-state index contributed by atoms with van der Waals surface area (Å²) in [6, 6.07) is 10.4. The molecule has 31 heavy (non-hydrogen) atoms. The van der Waals surface area contributed by atoms with Crippen LogP contribution in [0.1, 0.15) is 31.8 Å². The fraction of sp³-hybridized carbons (Fsp3) is 0.348. The lowest BCUT2D eigenvalue weighted by Gasteiger charge is -2.38. The molecule has 1 saturated heterocycles. The van der Waals surface area contributed by atoms with Crippen LogP contribution in [0, 0.1) is 12.8 Å². The van der Waals surface area contributed by atoms with Gasteiger partial charge in [0.15, 0.2) is 0 Å². The molecular formula is C23H27ClN4O3. The summed E-state index contributed by atoms with van der Waals surface area (Å²) in [4.78, 5) is 31.1. The molecule has 1 heterocycles. The number of aryl methyl sites for hydroxylation is 1. The highest BCUT2D eigenvalue weighted by atomic mass is 35.5. The Morgan fingerprint density at radius 2 is 2.00 bits per heavy atom. The number of carbonyl (C=O) groups excluding carboxylic acids is 2. The lowest BCUT2D eigenvalue weighted by atomic mass is 9.99. The van der Waals surface area contributed by atoms with Crippen LogP contribution in [0.5, 0.6) is 0 Å². The van der Waals surface area contributed by atoms with Crippen LogP contribution in [0.25, 0.3) is 0 Å². The number of halogens is 1. The Labute approximate surface area is 187 Å². The van der Waals surface area contributed by atoms with Gasteiger partial charge in [0.05, 0.1) is 6.61 Å². The molecule has 1 aliphatic heterocycles. The summed E-state index contributed by atoms with van der Waals surface area (Å²) >= 11 is 5.87. The lowest BCUT2D eigenvalue weighted by molar-refractivity contribution is 0.0516. The second kappa shape index (κ2) is 10.4. The number of nitrogens with zero attached hydrogens (tertiary/aromatic N) is 2. The minimum absolute atomic E-state index is 0.00352. The van der Waals surface area contributed by atoms with Crippen LogP contribution in [0.4, 0.5) is 5.69 Å². The normalized spacial score (nSPS) is 14.0. The number of aliphatic imine (C=N–C) groups is 1. The predicted octanol–water partition coefficient (Wildman–Crippen LogP) is 2.80. The molecule has 0 aliphatic carbocycles. The summed E-state index contributed by atoms with van der Waals surface area (Å²) in [5.74, 6) is 0.138. The second-order valence-electron chi connectivity index (χ2n) is 7.62. The molecule has 0 saturated carbocycles. The molecule has 2 aromatic rings. The molecule has 0 bridgehead atoms. The highest BCUT2D eigenvalue weighted by Crippen LogP contribution is 2.21. The average Bonchev–Trinajstić information content (AvgIpc) is 2.71. The van der Waals surface area contributed by atoms with Gasteiger partial charge >= 0.3 is 0 Å². The summed E-state index contributed by atoms with van der Waals surface area (Å²) in [6.07, 6.45) is 1.70. The Bertz CT molecular complexity index is 970. The zero-order chi connectivity index (χ0) is 22.4. The summed E-state index contributed by atoms with van der Waals surface area (Å²) in [7, 11) is 1.59. The van der Waals surface area contributed by atoms with E-state index >= 15 is 0 Å². The molecule has 8 heteroatoms. The Hall–Kier alpha value is -2.90. The molecule has 0 unspecified atom stereocenters. The third kappa shape index (κ3) is 5.83. The second-order valence-corrected chi connectivity index (χ2v) is 8.06. The van der Waals surface area contributed by atoms with E-state index in [0.29, 0.717) is 66.1 Å². The van der Waals surface area contributed by atoms with Crippen LogP contribution in [0.15, 0.2) is 41.4 Å². The first-order valence-electron chi connectivity index (χ1n) is 10.1. The van der Waals surface area contributed by atoms with Gasteiger partial charge in [0.25, 0.3) is 11.8 Å². The van der Waals surface area contributed by atoms with E-state index in [1.54, 1.807) is 54.6 Å².